The van der Waals surface area contributed by atoms with Crippen LogP contribution in [0.1, 0.15) is 31.4 Å². The molecular formula is C16H25N3O. The molecule has 1 amide bonds. The summed E-state index contributed by atoms with van der Waals surface area (Å²) in [6.45, 7) is 4.86. The fourth-order valence-electron chi connectivity index (χ4n) is 2.80. The summed E-state index contributed by atoms with van der Waals surface area (Å²) in [6, 6.07) is 10.2. The molecule has 0 aliphatic carbocycles. The summed E-state index contributed by atoms with van der Waals surface area (Å²) >= 11 is 0. The molecule has 0 aromatic heterocycles. The van der Waals surface area contributed by atoms with Crippen molar-refractivity contribution >= 4 is 5.91 Å². The molecule has 1 heterocycles. The lowest BCUT2D eigenvalue weighted by Gasteiger charge is -2.38. The predicted molar refractivity (Wildman–Crippen MR) is 81.3 cm³/mol. The van der Waals surface area contributed by atoms with E-state index < -0.39 is 0 Å². The molecule has 2 unspecified atom stereocenters. The second-order valence-electron chi connectivity index (χ2n) is 5.75. The van der Waals surface area contributed by atoms with Crippen LogP contribution >= 0.6 is 0 Å². The van der Waals surface area contributed by atoms with Crippen LogP contribution in [-0.4, -0.2) is 48.4 Å². The van der Waals surface area contributed by atoms with Gasteiger partial charge in [0.05, 0.1) is 0 Å². The summed E-state index contributed by atoms with van der Waals surface area (Å²) in [5.41, 5.74) is 7.25. The Balaban J connectivity index is 1.83. The highest BCUT2D eigenvalue weighted by atomic mass is 16.2. The molecule has 1 saturated heterocycles. The minimum absolute atomic E-state index is 0.0529. The Morgan fingerprint density at radius 1 is 1.35 bits per heavy atom. The number of benzene rings is 1. The van der Waals surface area contributed by atoms with E-state index in [-0.39, 0.29) is 11.9 Å². The molecule has 2 atom stereocenters. The maximum atomic E-state index is 12.3. The molecule has 0 bridgehead atoms. The number of piperazine rings is 1. The first kappa shape index (κ1) is 15.0. The summed E-state index contributed by atoms with van der Waals surface area (Å²) in [7, 11) is 2.10. The quantitative estimate of drug-likeness (QED) is 0.908. The third kappa shape index (κ3) is 3.81. The number of nitrogens with two attached hydrogens (primary N) is 1. The van der Waals surface area contributed by atoms with Crippen LogP contribution in [0.4, 0.5) is 0 Å². The van der Waals surface area contributed by atoms with Crippen molar-refractivity contribution in [3.8, 4) is 0 Å². The fourth-order valence-corrected chi connectivity index (χ4v) is 2.80. The molecule has 4 heteroatoms. The number of likely N-dealkylation sites (N-methyl/N-ethyl adjacent to an activating group) is 1. The SMILES string of the molecule is CC1CN(C)CCN1C(=O)CCC(N)c1ccccc1. The van der Waals surface area contributed by atoms with Gasteiger partial charge in [-0.2, -0.15) is 0 Å². The van der Waals surface area contributed by atoms with E-state index in [9.17, 15) is 4.79 Å². The molecule has 2 N–H and O–H groups in total. The number of carbonyl (C=O) groups excluding carboxylic acids is 1. The molecule has 1 aromatic rings. The summed E-state index contributed by atoms with van der Waals surface area (Å²) in [5, 5.41) is 0. The Labute approximate surface area is 121 Å². The summed E-state index contributed by atoms with van der Waals surface area (Å²) in [6.07, 6.45) is 1.24. The third-order valence-corrected chi connectivity index (χ3v) is 4.05. The zero-order valence-corrected chi connectivity index (χ0v) is 12.5. The van der Waals surface area contributed by atoms with Gasteiger partial charge in [-0.25, -0.2) is 0 Å². The highest BCUT2D eigenvalue weighted by Crippen LogP contribution is 2.17. The first-order valence-electron chi connectivity index (χ1n) is 7.36. The Morgan fingerprint density at radius 3 is 2.70 bits per heavy atom. The number of carbonyl (C=O) groups is 1. The first-order valence-corrected chi connectivity index (χ1v) is 7.36. The summed E-state index contributed by atoms with van der Waals surface area (Å²) in [4.78, 5) is 16.6. The number of nitrogens with zero attached hydrogens (tertiary/aromatic N) is 2. The van der Waals surface area contributed by atoms with Crippen molar-refractivity contribution in [3.05, 3.63) is 35.9 Å². The number of hydrogen-bond donors (Lipinski definition) is 1. The second kappa shape index (κ2) is 6.86. The van der Waals surface area contributed by atoms with Crippen molar-refractivity contribution in [1.82, 2.24) is 9.80 Å². The number of amides is 1. The van der Waals surface area contributed by atoms with Gasteiger partial charge in [0.15, 0.2) is 0 Å². The van der Waals surface area contributed by atoms with Crippen LogP contribution in [-0.2, 0) is 4.79 Å². The van der Waals surface area contributed by atoms with Gasteiger partial charge >= 0.3 is 0 Å². The van der Waals surface area contributed by atoms with E-state index >= 15 is 0 Å². The van der Waals surface area contributed by atoms with Crippen molar-refractivity contribution in [1.29, 1.82) is 0 Å². The molecule has 2 rings (SSSR count). The maximum absolute atomic E-state index is 12.3. The van der Waals surface area contributed by atoms with Crippen molar-refractivity contribution < 1.29 is 4.79 Å². The Hall–Kier alpha value is -1.39. The van der Waals surface area contributed by atoms with E-state index in [2.05, 4.69) is 18.9 Å². The van der Waals surface area contributed by atoms with E-state index in [0.717, 1.165) is 25.2 Å². The van der Waals surface area contributed by atoms with Gasteiger partial charge in [0, 0.05) is 38.1 Å². The van der Waals surface area contributed by atoms with Crippen LogP contribution in [0.25, 0.3) is 0 Å². The molecular weight excluding hydrogens is 250 g/mol. The van der Waals surface area contributed by atoms with E-state index in [1.165, 1.54) is 0 Å². The third-order valence-electron chi connectivity index (χ3n) is 4.05. The minimum Gasteiger partial charge on any atom is -0.337 e. The molecule has 1 fully saturated rings. The van der Waals surface area contributed by atoms with E-state index in [0.29, 0.717) is 18.9 Å². The first-order chi connectivity index (χ1) is 9.58. The smallest absolute Gasteiger partial charge is 0.222 e. The van der Waals surface area contributed by atoms with Crippen molar-refractivity contribution in [3.63, 3.8) is 0 Å². The lowest BCUT2D eigenvalue weighted by Crippen LogP contribution is -2.52. The van der Waals surface area contributed by atoms with Gasteiger partial charge in [-0.1, -0.05) is 30.3 Å². The zero-order chi connectivity index (χ0) is 14.5. The van der Waals surface area contributed by atoms with Crippen LogP contribution in [0.15, 0.2) is 30.3 Å². The standard InChI is InChI=1S/C16H25N3O/c1-13-12-18(2)10-11-19(13)16(20)9-8-15(17)14-6-4-3-5-7-14/h3-7,13,15H,8-12,17H2,1-2H3. The molecule has 0 saturated carbocycles. The lowest BCUT2D eigenvalue weighted by molar-refractivity contribution is -0.135. The molecule has 4 nitrogen and oxygen atoms in total. The van der Waals surface area contributed by atoms with Crippen molar-refractivity contribution in [2.24, 2.45) is 5.73 Å². The van der Waals surface area contributed by atoms with Gasteiger partial charge in [-0.05, 0) is 26.0 Å². The second-order valence-corrected chi connectivity index (χ2v) is 5.75. The molecule has 1 aromatic carbocycles. The largest absolute Gasteiger partial charge is 0.337 e. The minimum atomic E-state index is -0.0529. The average molecular weight is 275 g/mol. The summed E-state index contributed by atoms with van der Waals surface area (Å²) < 4.78 is 0. The van der Waals surface area contributed by atoms with Crippen LogP contribution < -0.4 is 5.73 Å². The highest BCUT2D eigenvalue weighted by molar-refractivity contribution is 5.76. The molecule has 110 valence electrons. The maximum Gasteiger partial charge on any atom is 0.222 e. The van der Waals surface area contributed by atoms with Gasteiger partial charge in [-0.15, -0.1) is 0 Å². The fraction of sp³-hybridized carbons (Fsp3) is 0.562. The van der Waals surface area contributed by atoms with Crippen LogP contribution in [0.2, 0.25) is 0 Å². The highest BCUT2D eigenvalue weighted by Gasteiger charge is 2.25. The van der Waals surface area contributed by atoms with Gasteiger partial charge in [-0.3, -0.25) is 4.79 Å². The van der Waals surface area contributed by atoms with Gasteiger partial charge in [0.25, 0.3) is 0 Å². The Morgan fingerprint density at radius 2 is 2.05 bits per heavy atom. The van der Waals surface area contributed by atoms with Crippen LogP contribution in [0.3, 0.4) is 0 Å². The van der Waals surface area contributed by atoms with E-state index in [4.69, 9.17) is 5.73 Å². The topological polar surface area (TPSA) is 49.6 Å². The lowest BCUT2D eigenvalue weighted by atomic mass is 10.0. The predicted octanol–water partition coefficient (Wildman–Crippen LogP) is 1.63. The Bertz CT molecular complexity index is 435. The molecule has 1 aliphatic rings. The molecule has 0 spiro atoms. The van der Waals surface area contributed by atoms with Gasteiger partial charge in [0.1, 0.15) is 0 Å². The van der Waals surface area contributed by atoms with Gasteiger partial charge < -0.3 is 15.5 Å². The van der Waals surface area contributed by atoms with Gasteiger partial charge in [0.2, 0.25) is 5.91 Å². The molecule has 1 aliphatic heterocycles. The van der Waals surface area contributed by atoms with Crippen molar-refractivity contribution in [2.45, 2.75) is 31.8 Å². The van der Waals surface area contributed by atoms with Crippen molar-refractivity contribution in [2.75, 3.05) is 26.7 Å². The average Bonchev–Trinajstić information content (AvgIpc) is 2.45. The molecule has 0 radical (unpaired) electrons. The Kier molecular flexibility index (Phi) is 5.15. The number of rotatable bonds is 4. The normalized spacial score (nSPS) is 21.8. The zero-order valence-electron chi connectivity index (χ0n) is 12.5. The monoisotopic (exact) mass is 275 g/mol. The van der Waals surface area contributed by atoms with E-state index in [1.807, 2.05) is 35.2 Å². The number of hydrogen-bond acceptors (Lipinski definition) is 3. The van der Waals surface area contributed by atoms with E-state index in [1.54, 1.807) is 0 Å². The van der Waals surface area contributed by atoms with Crippen LogP contribution in [0, 0.1) is 0 Å². The molecule has 20 heavy (non-hydrogen) atoms. The summed E-state index contributed by atoms with van der Waals surface area (Å²) in [5.74, 6) is 0.233. The van der Waals surface area contributed by atoms with Crippen LogP contribution in [0.5, 0.6) is 0 Å².